The van der Waals surface area contributed by atoms with E-state index in [1.54, 1.807) is 10.4 Å². The second-order valence-corrected chi connectivity index (χ2v) is 18.1. The van der Waals surface area contributed by atoms with Crippen molar-refractivity contribution in [3.63, 3.8) is 0 Å². The third-order valence-corrected chi connectivity index (χ3v) is 7.26. The van der Waals surface area contributed by atoms with E-state index >= 15 is 0 Å². The molecule has 1 nitrogen and oxygen atoms in total. The highest BCUT2D eigenvalue weighted by Gasteiger charge is 2.36. The number of furan rings is 1. The lowest BCUT2D eigenvalue weighted by atomic mass is 9.93. The van der Waals surface area contributed by atoms with E-state index in [4.69, 9.17) is 4.42 Å². The molecule has 1 rings (SSSR count). The molecule has 0 aliphatic rings. The first-order valence-electron chi connectivity index (χ1n) is 6.48. The standard InChI is InChI=1S/C14H28OSi2/c1-14(2,3)13-12(17(7,8)9)11(10-15-13)16(4,5)6/h10H,1-9H3. The highest BCUT2D eigenvalue weighted by molar-refractivity contribution is 6.98. The summed E-state index contributed by atoms with van der Waals surface area (Å²) in [5, 5.41) is 3.13. The van der Waals surface area contributed by atoms with E-state index in [2.05, 4.69) is 66.3 Å². The van der Waals surface area contributed by atoms with E-state index < -0.39 is 16.1 Å². The van der Waals surface area contributed by atoms with Gasteiger partial charge in [0.2, 0.25) is 0 Å². The topological polar surface area (TPSA) is 13.1 Å². The minimum atomic E-state index is -1.35. The summed E-state index contributed by atoms with van der Waals surface area (Å²) in [6.07, 6.45) is 2.06. The highest BCUT2D eigenvalue weighted by atomic mass is 28.3. The lowest BCUT2D eigenvalue weighted by Gasteiger charge is -2.28. The maximum Gasteiger partial charge on any atom is 0.108 e. The Morgan fingerprint density at radius 3 is 1.65 bits per heavy atom. The Bertz CT molecular complexity index is 366. The molecule has 1 heterocycles. The molecular weight excluding hydrogens is 240 g/mol. The van der Waals surface area contributed by atoms with Crippen molar-refractivity contribution in [2.24, 2.45) is 0 Å². The number of hydrogen-bond donors (Lipinski definition) is 0. The van der Waals surface area contributed by atoms with Crippen LogP contribution in [0.25, 0.3) is 0 Å². The van der Waals surface area contributed by atoms with Crippen molar-refractivity contribution in [2.75, 3.05) is 0 Å². The van der Waals surface area contributed by atoms with Crippen molar-refractivity contribution in [2.45, 2.75) is 65.5 Å². The smallest absolute Gasteiger partial charge is 0.108 e. The summed E-state index contributed by atoms with van der Waals surface area (Å²) in [5.41, 5.74) is 0.119. The molecule has 0 aromatic carbocycles. The van der Waals surface area contributed by atoms with Crippen molar-refractivity contribution in [1.29, 1.82) is 0 Å². The van der Waals surface area contributed by atoms with Gasteiger partial charge in [-0.05, 0) is 10.4 Å². The summed E-state index contributed by atoms with van der Waals surface area (Å²) in [4.78, 5) is 0. The molecule has 0 fully saturated rings. The first kappa shape index (κ1) is 14.8. The summed E-state index contributed by atoms with van der Waals surface area (Å²) >= 11 is 0. The normalized spacial score (nSPS) is 14.2. The molecule has 1 aromatic heterocycles. The first-order valence-corrected chi connectivity index (χ1v) is 13.5. The maximum absolute atomic E-state index is 5.98. The zero-order valence-electron chi connectivity index (χ0n) is 13.0. The Hall–Kier alpha value is -0.286. The lowest BCUT2D eigenvalue weighted by Crippen LogP contribution is -2.56. The molecule has 0 radical (unpaired) electrons. The number of rotatable bonds is 2. The van der Waals surface area contributed by atoms with Crippen LogP contribution in [0.1, 0.15) is 26.5 Å². The van der Waals surface area contributed by atoms with Gasteiger partial charge in [-0.1, -0.05) is 60.1 Å². The van der Waals surface area contributed by atoms with E-state index in [-0.39, 0.29) is 5.41 Å². The predicted octanol–water partition coefficient (Wildman–Crippen LogP) is 3.67. The molecule has 0 saturated heterocycles. The van der Waals surface area contributed by atoms with Crippen LogP contribution < -0.4 is 10.4 Å². The molecule has 0 spiro atoms. The van der Waals surface area contributed by atoms with Crippen LogP contribution in [0.2, 0.25) is 39.3 Å². The van der Waals surface area contributed by atoms with Crippen molar-refractivity contribution < 1.29 is 4.42 Å². The summed E-state index contributed by atoms with van der Waals surface area (Å²) in [7, 11) is -2.65. The third-order valence-electron chi connectivity index (χ3n) is 3.03. The van der Waals surface area contributed by atoms with E-state index in [1.165, 1.54) is 5.76 Å². The SMILES string of the molecule is CC(C)(C)c1occ([Si](C)(C)C)c1[Si](C)(C)C. The monoisotopic (exact) mass is 268 g/mol. The van der Waals surface area contributed by atoms with Gasteiger partial charge in [0, 0.05) is 5.41 Å². The Morgan fingerprint density at radius 1 is 0.882 bits per heavy atom. The van der Waals surface area contributed by atoms with Crippen LogP contribution in [0.3, 0.4) is 0 Å². The van der Waals surface area contributed by atoms with Crippen LogP contribution in [0.15, 0.2) is 10.7 Å². The second-order valence-electron chi connectivity index (χ2n) is 8.10. The van der Waals surface area contributed by atoms with Gasteiger partial charge >= 0.3 is 0 Å². The minimum absolute atomic E-state index is 0.119. The van der Waals surface area contributed by atoms with E-state index in [9.17, 15) is 0 Å². The predicted molar refractivity (Wildman–Crippen MR) is 83.4 cm³/mol. The molecule has 98 valence electrons. The fourth-order valence-corrected chi connectivity index (χ4v) is 7.71. The van der Waals surface area contributed by atoms with Gasteiger partial charge in [0.25, 0.3) is 0 Å². The van der Waals surface area contributed by atoms with Crippen molar-refractivity contribution in [3.05, 3.63) is 12.0 Å². The quantitative estimate of drug-likeness (QED) is 0.746. The second kappa shape index (κ2) is 4.13. The van der Waals surface area contributed by atoms with Gasteiger partial charge in [-0.3, -0.25) is 0 Å². The molecule has 0 aliphatic heterocycles. The third kappa shape index (κ3) is 3.13. The van der Waals surface area contributed by atoms with Crippen LogP contribution in [-0.4, -0.2) is 16.1 Å². The molecule has 0 bridgehead atoms. The molecule has 17 heavy (non-hydrogen) atoms. The van der Waals surface area contributed by atoms with E-state index in [0.717, 1.165) is 0 Å². The van der Waals surface area contributed by atoms with Gasteiger partial charge in [0.1, 0.15) is 5.76 Å². The first-order chi connectivity index (χ1) is 7.35. The highest BCUT2D eigenvalue weighted by Crippen LogP contribution is 2.24. The Morgan fingerprint density at radius 2 is 1.35 bits per heavy atom. The minimum Gasteiger partial charge on any atom is -0.469 e. The van der Waals surface area contributed by atoms with E-state index in [1.807, 2.05) is 0 Å². The Balaban J connectivity index is 3.53. The Kier molecular flexibility index (Phi) is 3.59. The molecular formula is C14H28OSi2. The van der Waals surface area contributed by atoms with Gasteiger partial charge in [0.05, 0.1) is 22.4 Å². The fourth-order valence-electron chi connectivity index (χ4n) is 2.21. The molecule has 0 amide bonds. The zero-order chi connectivity index (χ0) is 13.6. The van der Waals surface area contributed by atoms with Crippen LogP contribution in [0, 0.1) is 0 Å². The van der Waals surface area contributed by atoms with Gasteiger partial charge in [-0.15, -0.1) is 0 Å². The lowest BCUT2D eigenvalue weighted by molar-refractivity contribution is 0.413. The molecule has 0 atom stereocenters. The van der Waals surface area contributed by atoms with Gasteiger partial charge in [0.15, 0.2) is 0 Å². The van der Waals surface area contributed by atoms with Crippen molar-refractivity contribution in [3.8, 4) is 0 Å². The summed E-state index contributed by atoms with van der Waals surface area (Å²) in [5.74, 6) is 1.23. The van der Waals surface area contributed by atoms with Crippen molar-refractivity contribution >= 4 is 26.5 Å². The van der Waals surface area contributed by atoms with Crippen LogP contribution in [-0.2, 0) is 5.41 Å². The average molecular weight is 269 g/mol. The molecule has 0 N–H and O–H groups in total. The summed E-state index contributed by atoms with van der Waals surface area (Å²) < 4.78 is 5.98. The fraction of sp³-hybridized carbons (Fsp3) is 0.714. The average Bonchev–Trinajstić information content (AvgIpc) is 2.42. The zero-order valence-corrected chi connectivity index (χ0v) is 15.0. The number of hydrogen-bond acceptors (Lipinski definition) is 1. The molecule has 1 aromatic rings. The molecule has 3 heteroatoms. The maximum atomic E-state index is 5.98. The largest absolute Gasteiger partial charge is 0.469 e. The molecule has 0 aliphatic carbocycles. The van der Waals surface area contributed by atoms with Crippen LogP contribution in [0.5, 0.6) is 0 Å². The van der Waals surface area contributed by atoms with Crippen LogP contribution in [0.4, 0.5) is 0 Å². The van der Waals surface area contributed by atoms with Gasteiger partial charge in [-0.25, -0.2) is 0 Å². The van der Waals surface area contributed by atoms with E-state index in [0.29, 0.717) is 0 Å². The summed E-state index contributed by atoms with van der Waals surface area (Å²) in [6.45, 7) is 21.3. The Labute approximate surface area is 109 Å². The van der Waals surface area contributed by atoms with Gasteiger partial charge < -0.3 is 4.42 Å². The molecule has 0 unspecified atom stereocenters. The summed E-state index contributed by atoms with van der Waals surface area (Å²) in [6, 6.07) is 0. The van der Waals surface area contributed by atoms with Crippen molar-refractivity contribution in [1.82, 2.24) is 0 Å². The van der Waals surface area contributed by atoms with Crippen LogP contribution >= 0.6 is 0 Å². The van der Waals surface area contributed by atoms with Gasteiger partial charge in [-0.2, -0.15) is 0 Å². The molecule has 0 saturated carbocycles.